The van der Waals surface area contributed by atoms with Gasteiger partial charge < -0.3 is 5.32 Å². The largest absolute Gasteiger partial charge is 0.358 e. The second-order valence-corrected chi connectivity index (χ2v) is 5.76. The highest BCUT2D eigenvalue weighted by Crippen LogP contribution is 2.30. The number of carbonyl (C=O) groups is 1. The maximum atomic E-state index is 11.1. The first-order valence-corrected chi connectivity index (χ1v) is 6.88. The van der Waals surface area contributed by atoms with Crippen LogP contribution in [0.25, 0.3) is 0 Å². The van der Waals surface area contributed by atoms with Crippen LogP contribution >= 0.6 is 21.6 Å². The van der Waals surface area contributed by atoms with Gasteiger partial charge in [-0.2, -0.15) is 0 Å². The van der Waals surface area contributed by atoms with Crippen LogP contribution in [0, 0.1) is 0 Å². The van der Waals surface area contributed by atoms with E-state index in [1.54, 1.807) is 7.05 Å². The van der Waals surface area contributed by atoms with Crippen LogP contribution in [0.4, 0.5) is 0 Å². The molecule has 1 rings (SSSR count). The Morgan fingerprint density at radius 2 is 2.38 bits per heavy atom. The lowest BCUT2D eigenvalue weighted by molar-refractivity contribution is -0.121. The van der Waals surface area contributed by atoms with E-state index < -0.39 is 0 Å². The van der Waals surface area contributed by atoms with Crippen molar-refractivity contribution in [2.24, 2.45) is 0 Å². The summed E-state index contributed by atoms with van der Waals surface area (Å²) >= 11 is 0. The predicted octanol–water partition coefficient (Wildman–Crippen LogP) is 0.818. The van der Waals surface area contributed by atoms with Crippen LogP contribution in [0.1, 0.15) is 6.42 Å². The topological polar surface area (TPSA) is 32.3 Å². The first-order valence-electron chi connectivity index (χ1n) is 4.39. The van der Waals surface area contributed by atoms with Crippen molar-refractivity contribution in [1.29, 1.82) is 0 Å². The van der Waals surface area contributed by atoms with Gasteiger partial charge in [0.05, 0.1) is 6.54 Å². The molecule has 3 nitrogen and oxygen atoms in total. The summed E-state index contributed by atoms with van der Waals surface area (Å²) in [4.78, 5) is 13.2. The molecule has 0 spiro atoms. The molecule has 1 fully saturated rings. The van der Waals surface area contributed by atoms with Crippen LogP contribution in [0.15, 0.2) is 0 Å². The molecule has 0 radical (unpaired) electrons. The monoisotopic (exact) mass is 220 g/mol. The van der Waals surface area contributed by atoms with Gasteiger partial charge in [0.2, 0.25) is 5.91 Å². The fraction of sp³-hybridized carbons (Fsp3) is 0.875. The van der Waals surface area contributed by atoms with Crippen molar-refractivity contribution in [1.82, 2.24) is 10.2 Å². The molecule has 1 heterocycles. The molecule has 1 amide bonds. The zero-order valence-corrected chi connectivity index (χ0v) is 9.71. The summed E-state index contributed by atoms with van der Waals surface area (Å²) in [6, 6.07) is 0.573. The average molecular weight is 220 g/mol. The lowest BCUT2D eigenvalue weighted by Crippen LogP contribution is -2.41. The summed E-state index contributed by atoms with van der Waals surface area (Å²) in [5, 5.41) is 2.64. The normalized spacial score (nSPS) is 23.2. The highest BCUT2D eigenvalue weighted by molar-refractivity contribution is 8.76. The number of nitrogens with one attached hydrogen (secondary N) is 1. The number of carbonyl (C=O) groups excluding carboxylic acids is 1. The third-order valence-electron chi connectivity index (χ3n) is 2.17. The van der Waals surface area contributed by atoms with E-state index in [1.807, 2.05) is 28.6 Å². The second kappa shape index (κ2) is 5.78. The van der Waals surface area contributed by atoms with Crippen LogP contribution in [-0.2, 0) is 4.79 Å². The van der Waals surface area contributed by atoms with Gasteiger partial charge in [0.15, 0.2) is 0 Å². The van der Waals surface area contributed by atoms with Gasteiger partial charge in [0.1, 0.15) is 0 Å². The Kier molecular flexibility index (Phi) is 4.98. The molecule has 1 aliphatic rings. The number of rotatable bonds is 3. The van der Waals surface area contributed by atoms with Gasteiger partial charge in [0, 0.05) is 24.6 Å². The van der Waals surface area contributed by atoms with Gasteiger partial charge in [-0.05, 0) is 13.5 Å². The molecule has 0 bridgehead atoms. The first-order chi connectivity index (χ1) is 6.24. The second-order valence-electron chi connectivity index (χ2n) is 3.14. The molecule has 13 heavy (non-hydrogen) atoms. The van der Waals surface area contributed by atoms with Gasteiger partial charge in [0.25, 0.3) is 0 Å². The Morgan fingerprint density at radius 3 is 2.92 bits per heavy atom. The summed E-state index contributed by atoms with van der Waals surface area (Å²) in [5.41, 5.74) is 0. The van der Waals surface area contributed by atoms with E-state index in [4.69, 9.17) is 0 Å². The Labute approximate surface area is 87.4 Å². The third kappa shape index (κ3) is 3.79. The van der Waals surface area contributed by atoms with E-state index in [9.17, 15) is 4.79 Å². The summed E-state index contributed by atoms with van der Waals surface area (Å²) < 4.78 is 0. The fourth-order valence-electron chi connectivity index (χ4n) is 1.24. The van der Waals surface area contributed by atoms with Crippen molar-refractivity contribution in [3.63, 3.8) is 0 Å². The van der Waals surface area contributed by atoms with Gasteiger partial charge in [-0.3, -0.25) is 9.69 Å². The quantitative estimate of drug-likeness (QED) is 0.714. The van der Waals surface area contributed by atoms with E-state index in [0.29, 0.717) is 12.6 Å². The van der Waals surface area contributed by atoms with E-state index in [0.717, 1.165) is 5.75 Å². The Hall–Kier alpha value is 0.130. The summed E-state index contributed by atoms with van der Waals surface area (Å²) in [5.74, 6) is 2.44. The van der Waals surface area contributed by atoms with E-state index >= 15 is 0 Å². The van der Waals surface area contributed by atoms with Crippen molar-refractivity contribution < 1.29 is 4.79 Å². The lowest BCUT2D eigenvalue weighted by Gasteiger charge is -2.29. The minimum absolute atomic E-state index is 0.103. The first kappa shape index (κ1) is 11.2. The van der Waals surface area contributed by atoms with Crippen LogP contribution in [0.3, 0.4) is 0 Å². The minimum Gasteiger partial charge on any atom is -0.358 e. The van der Waals surface area contributed by atoms with E-state index in [1.165, 1.54) is 12.2 Å². The molecule has 0 saturated carbocycles. The number of hydrogen-bond acceptors (Lipinski definition) is 4. The van der Waals surface area contributed by atoms with Gasteiger partial charge >= 0.3 is 0 Å². The highest BCUT2D eigenvalue weighted by atomic mass is 33.1. The molecule has 76 valence electrons. The van der Waals surface area contributed by atoms with Crippen molar-refractivity contribution in [2.45, 2.75) is 12.5 Å². The SMILES string of the molecule is CNC(=O)CN(C)C1CCSSC1. The molecule has 0 aromatic carbocycles. The third-order valence-corrected chi connectivity index (χ3v) is 4.67. The van der Waals surface area contributed by atoms with E-state index in [2.05, 4.69) is 10.2 Å². The summed E-state index contributed by atoms with van der Waals surface area (Å²) in [6.07, 6.45) is 1.20. The van der Waals surface area contributed by atoms with E-state index in [-0.39, 0.29) is 5.91 Å². The predicted molar refractivity (Wildman–Crippen MR) is 60.0 cm³/mol. The zero-order chi connectivity index (χ0) is 9.68. The zero-order valence-electron chi connectivity index (χ0n) is 8.08. The summed E-state index contributed by atoms with van der Waals surface area (Å²) in [7, 11) is 7.55. The Morgan fingerprint density at radius 1 is 1.62 bits per heavy atom. The van der Waals surface area contributed by atoms with Crippen LogP contribution < -0.4 is 5.32 Å². The number of likely N-dealkylation sites (N-methyl/N-ethyl adjacent to an activating group) is 2. The molecule has 1 atom stereocenters. The molecule has 1 aliphatic heterocycles. The number of nitrogens with zero attached hydrogens (tertiary/aromatic N) is 1. The minimum atomic E-state index is 0.103. The lowest BCUT2D eigenvalue weighted by atomic mass is 10.2. The standard InChI is InChI=1S/C8H16N2OS2/c1-9-8(11)5-10(2)7-3-4-12-13-6-7/h7H,3-6H2,1-2H3,(H,9,11). The number of hydrogen-bond donors (Lipinski definition) is 1. The summed E-state index contributed by atoms with van der Waals surface area (Å²) in [6.45, 7) is 0.520. The van der Waals surface area contributed by atoms with Crippen molar-refractivity contribution in [2.75, 3.05) is 32.1 Å². The fourth-order valence-corrected chi connectivity index (χ4v) is 3.80. The molecule has 0 aromatic rings. The molecule has 0 aromatic heterocycles. The van der Waals surface area contributed by atoms with Crippen molar-refractivity contribution >= 4 is 27.5 Å². The van der Waals surface area contributed by atoms with Gasteiger partial charge in [-0.15, -0.1) is 0 Å². The van der Waals surface area contributed by atoms with Crippen LogP contribution in [-0.4, -0.2) is 49.0 Å². The highest BCUT2D eigenvalue weighted by Gasteiger charge is 2.19. The molecule has 5 heteroatoms. The molecule has 0 aliphatic carbocycles. The average Bonchev–Trinajstić information content (AvgIpc) is 2.19. The molecular weight excluding hydrogens is 204 g/mol. The smallest absolute Gasteiger partial charge is 0.233 e. The molecule has 1 saturated heterocycles. The van der Waals surface area contributed by atoms with Gasteiger partial charge in [-0.1, -0.05) is 21.6 Å². The molecule has 1 N–H and O–H groups in total. The Bertz CT molecular complexity index is 172. The molecular formula is C8H16N2OS2. The maximum absolute atomic E-state index is 11.1. The Balaban J connectivity index is 2.28. The molecule has 1 unspecified atom stereocenters. The maximum Gasteiger partial charge on any atom is 0.233 e. The number of amides is 1. The van der Waals surface area contributed by atoms with Crippen molar-refractivity contribution in [3.8, 4) is 0 Å². The van der Waals surface area contributed by atoms with Gasteiger partial charge in [-0.25, -0.2) is 0 Å². The van der Waals surface area contributed by atoms with Crippen molar-refractivity contribution in [3.05, 3.63) is 0 Å². The van der Waals surface area contributed by atoms with Crippen LogP contribution in [0.2, 0.25) is 0 Å². The van der Waals surface area contributed by atoms with Crippen LogP contribution in [0.5, 0.6) is 0 Å².